The summed E-state index contributed by atoms with van der Waals surface area (Å²) in [7, 11) is 3.37. The van der Waals surface area contributed by atoms with E-state index in [9.17, 15) is 0 Å². The zero-order valence-electron chi connectivity index (χ0n) is 14.9. The van der Waals surface area contributed by atoms with E-state index in [1.54, 1.807) is 14.2 Å². The standard InChI is InChI=1S/C16H33N3O4/c1-4-17-16(18-6-8-22-11-9-20-2)19-7-5-15(13-19)14-23-12-10-21-3/h15H,4-14H2,1-3H3,(H,17,18). The van der Waals surface area contributed by atoms with Gasteiger partial charge in [-0.3, -0.25) is 4.99 Å². The summed E-state index contributed by atoms with van der Waals surface area (Å²) in [6.07, 6.45) is 1.14. The quantitative estimate of drug-likeness (QED) is 0.321. The highest BCUT2D eigenvalue weighted by atomic mass is 16.5. The smallest absolute Gasteiger partial charge is 0.194 e. The molecule has 1 atom stereocenters. The molecular weight excluding hydrogens is 298 g/mol. The fraction of sp³-hybridized carbons (Fsp3) is 0.938. The van der Waals surface area contributed by atoms with Crippen LogP contribution in [0.3, 0.4) is 0 Å². The van der Waals surface area contributed by atoms with Crippen molar-refractivity contribution >= 4 is 5.96 Å². The molecule has 0 amide bonds. The van der Waals surface area contributed by atoms with E-state index in [0.29, 0.717) is 45.5 Å². The number of hydrogen-bond donors (Lipinski definition) is 1. The number of ether oxygens (including phenoxy) is 4. The lowest BCUT2D eigenvalue weighted by Crippen LogP contribution is -2.40. The molecule has 0 spiro atoms. The molecule has 0 radical (unpaired) electrons. The van der Waals surface area contributed by atoms with Crippen molar-refractivity contribution in [3.05, 3.63) is 0 Å². The van der Waals surface area contributed by atoms with Crippen molar-refractivity contribution in [2.45, 2.75) is 13.3 Å². The number of hydrogen-bond acceptors (Lipinski definition) is 5. The molecule has 7 nitrogen and oxygen atoms in total. The second-order valence-corrected chi connectivity index (χ2v) is 5.51. The zero-order valence-corrected chi connectivity index (χ0v) is 14.9. The molecule has 0 saturated carbocycles. The monoisotopic (exact) mass is 331 g/mol. The molecule has 1 unspecified atom stereocenters. The van der Waals surface area contributed by atoms with Crippen LogP contribution in [0.2, 0.25) is 0 Å². The van der Waals surface area contributed by atoms with Gasteiger partial charge in [0, 0.05) is 39.8 Å². The molecule has 0 aromatic carbocycles. The highest BCUT2D eigenvalue weighted by Crippen LogP contribution is 2.16. The summed E-state index contributed by atoms with van der Waals surface area (Å²) in [6, 6.07) is 0. The Kier molecular flexibility index (Phi) is 11.9. The minimum atomic E-state index is 0.564. The van der Waals surface area contributed by atoms with Crippen molar-refractivity contribution in [3.63, 3.8) is 0 Å². The Balaban J connectivity index is 2.27. The predicted molar refractivity (Wildman–Crippen MR) is 91.0 cm³/mol. The first-order chi connectivity index (χ1) is 11.3. The van der Waals surface area contributed by atoms with Gasteiger partial charge in [0.15, 0.2) is 5.96 Å². The van der Waals surface area contributed by atoms with Gasteiger partial charge >= 0.3 is 0 Å². The Labute approximate surface area is 140 Å². The average Bonchev–Trinajstić information content (AvgIpc) is 3.02. The SMILES string of the molecule is CCNC(=NCCOCCOC)N1CCC(COCCOC)C1. The van der Waals surface area contributed by atoms with Crippen LogP contribution in [0.25, 0.3) is 0 Å². The maximum absolute atomic E-state index is 5.64. The lowest BCUT2D eigenvalue weighted by Gasteiger charge is -2.21. The first-order valence-electron chi connectivity index (χ1n) is 8.48. The lowest BCUT2D eigenvalue weighted by molar-refractivity contribution is 0.0536. The molecule has 1 N–H and O–H groups in total. The summed E-state index contributed by atoms with van der Waals surface area (Å²) >= 11 is 0. The molecule has 1 saturated heterocycles. The van der Waals surface area contributed by atoms with Crippen molar-refractivity contribution in [1.82, 2.24) is 10.2 Å². The van der Waals surface area contributed by atoms with Gasteiger partial charge in [0.2, 0.25) is 0 Å². The molecule has 0 bridgehead atoms. The molecule has 0 aliphatic carbocycles. The summed E-state index contributed by atoms with van der Waals surface area (Å²) in [5.74, 6) is 1.54. The van der Waals surface area contributed by atoms with Gasteiger partial charge in [-0.25, -0.2) is 0 Å². The minimum absolute atomic E-state index is 0.564. The van der Waals surface area contributed by atoms with Crippen LogP contribution in [0, 0.1) is 5.92 Å². The molecule has 1 heterocycles. The van der Waals surface area contributed by atoms with Crippen LogP contribution in [0.4, 0.5) is 0 Å². The first kappa shape index (κ1) is 20.2. The van der Waals surface area contributed by atoms with Crippen molar-refractivity contribution in [2.24, 2.45) is 10.9 Å². The number of nitrogens with one attached hydrogen (secondary N) is 1. The number of guanidine groups is 1. The summed E-state index contributed by atoms with van der Waals surface area (Å²) in [6.45, 7) is 9.61. The summed E-state index contributed by atoms with van der Waals surface area (Å²) in [5.41, 5.74) is 0. The molecule has 23 heavy (non-hydrogen) atoms. The lowest BCUT2D eigenvalue weighted by atomic mass is 10.1. The van der Waals surface area contributed by atoms with Crippen LogP contribution < -0.4 is 5.32 Å². The van der Waals surface area contributed by atoms with Gasteiger partial charge < -0.3 is 29.2 Å². The van der Waals surface area contributed by atoms with E-state index in [0.717, 1.165) is 38.6 Å². The third-order valence-corrected chi connectivity index (χ3v) is 3.63. The van der Waals surface area contributed by atoms with Gasteiger partial charge in [0.05, 0.1) is 46.2 Å². The largest absolute Gasteiger partial charge is 0.382 e. The van der Waals surface area contributed by atoms with E-state index >= 15 is 0 Å². The Morgan fingerprint density at radius 3 is 2.52 bits per heavy atom. The van der Waals surface area contributed by atoms with E-state index < -0.39 is 0 Å². The van der Waals surface area contributed by atoms with Crippen LogP contribution in [0.15, 0.2) is 4.99 Å². The molecule has 1 fully saturated rings. The van der Waals surface area contributed by atoms with Crippen LogP contribution >= 0.6 is 0 Å². The first-order valence-corrected chi connectivity index (χ1v) is 8.48. The highest BCUT2D eigenvalue weighted by molar-refractivity contribution is 5.80. The van der Waals surface area contributed by atoms with Gasteiger partial charge in [0.25, 0.3) is 0 Å². The van der Waals surface area contributed by atoms with Gasteiger partial charge in [-0.05, 0) is 13.3 Å². The highest BCUT2D eigenvalue weighted by Gasteiger charge is 2.24. The van der Waals surface area contributed by atoms with Gasteiger partial charge in [-0.2, -0.15) is 0 Å². The molecule has 1 aliphatic heterocycles. The number of aliphatic imine (C=N–C) groups is 1. The van der Waals surface area contributed by atoms with E-state index in [-0.39, 0.29) is 0 Å². The van der Waals surface area contributed by atoms with Crippen molar-refractivity contribution in [1.29, 1.82) is 0 Å². The second kappa shape index (κ2) is 13.5. The summed E-state index contributed by atoms with van der Waals surface area (Å²) in [5, 5.41) is 3.36. The number of methoxy groups -OCH3 is 2. The Bertz CT molecular complexity index is 316. The van der Waals surface area contributed by atoms with E-state index in [1.165, 1.54) is 0 Å². The normalized spacial score (nSPS) is 18.7. The number of rotatable bonds is 12. The number of likely N-dealkylation sites (tertiary alicyclic amines) is 1. The Morgan fingerprint density at radius 1 is 1.09 bits per heavy atom. The maximum atomic E-state index is 5.64. The van der Waals surface area contributed by atoms with E-state index in [1.807, 2.05) is 0 Å². The molecule has 0 aromatic heterocycles. The topological polar surface area (TPSA) is 64.6 Å². The number of nitrogens with zero attached hydrogens (tertiary/aromatic N) is 2. The third-order valence-electron chi connectivity index (χ3n) is 3.63. The summed E-state index contributed by atoms with van der Waals surface area (Å²) in [4.78, 5) is 6.95. The van der Waals surface area contributed by atoms with Crippen LogP contribution in [-0.2, 0) is 18.9 Å². The third kappa shape index (κ3) is 9.10. The fourth-order valence-corrected chi connectivity index (χ4v) is 2.44. The predicted octanol–water partition coefficient (Wildman–Crippen LogP) is 0.600. The van der Waals surface area contributed by atoms with E-state index in [2.05, 4.69) is 22.1 Å². The van der Waals surface area contributed by atoms with Gasteiger partial charge in [0.1, 0.15) is 0 Å². The average molecular weight is 331 g/mol. The minimum Gasteiger partial charge on any atom is -0.382 e. The van der Waals surface area contributed by atoms with Crippen LogP contribution in [0.5, 0.6) is 0 Å². The maximum Gasteiger partial charge on any atom is 0.194 e. The van der Waals surface area contributed by atoms with E-state index in [4.69, 9.17) is 18.9 Å². The van der Waals surface area contributed by atoms with Crippen molar-refractivity contribution in [2.75, 3.05) is 80.0 Å². The van der Waals surface area contributed by atoms with Crippen LogP contribution in [-0.4, -0.2) is 90.9 Å². The molecular formula is C16H33N3O4. The van der Waals surface area contributed by atoms with Gasteiger partial charge in [-0.1, -0.05) is 0 Å². The molecule has 1 aliphatic rings. The Hall–Kier alpha value is -0.890. The fourth-order valence-electron chi connectivity index (χ4n) is 2.44. The molecule has 7 heteroatoms. The molecule has 136 valence electrons. The Morgan fingerprint density at radius 2 is 1.83 bits per heavy atom. The zero-order chi connectivity index (χ0) is 16.8. The summed E-state index contributed by atoms with van der Waals surface area (Å²) < 4.78 is 21.0. The van der Waals surface area contributed by atoms with Crippen molar-refractivity contribution < 1.29 is 18.9 Å². The molecule has 0 aromatic rings. The van der Waals surface area contributed by atoms with Crippen LogP contribution in [0.1, 0.15) is 13.3 Å². The van der Waals surface area contributed by atoms with Gasteiger partial charge in [-0.15, -0.1) is 0 Å². The molecule has 1 rings (SSSR count). The second-order valence-electron chi connectivity index (χ2n) is 5.51. The van der Waals surface area contributed by atoms with Crippen molar-refractivity contribution in [3.8, 4) is 0 Å².